The van der Waals surface area contributed by atoms with Crippen LogP contribution in [0.3, 0.4) is 0 Å². The zero-order valence-electron chi connectivity index (χ0n) is 17.3. The van der Waals surface area contributed by atoms with Gasteiger partial charge in [-0.05, 0) is 42.5 Å². The molecule has 0 amide bonds. The average Bonchev–Trinajstić information content (AvgIpc) is 2.84. The molecule has 1 aliphatic heterocycles. The molecule has 5 rings (SSSR count). The van der Waals surface area contributed by atoms with Crippen molar-refractivity contribution in [3.8, 4) is 28.4 Å². The van der Waals surface area contributed by atoms with Crippen molar-refractivity contribution < 1.29 is 18.6 Å². The van der Waals surface area contributed by atoms with Gasteiger partial charge in [0.25, 0.3) is 0 Å². The van der Waals surface area contributed by atoms with E-state index in [1.54, 1.807) is 20.3 Å². The van der Waals surface area contributed by atoms with Gasteiger partial charge in [0.15, 0.2) is 6.73 Å². The second-order valence-corrected chi connectivity index (χ2v) is 7.27. The molecule has 0 saturated heterocycles. The van der Waals surface area contributed by atoms with Crippen LogP contribution in [0, 0.1) is 0 Å². The molecule has 1 aromatic heterocycles. The molecule has 156 valence electrons. The second-order valence-electron chi connectivity index (χ2n) is 7.27. The lowest BCUT2D eigenvalue weighted by Crippen LogP contribution is -2.32. The van der Waals surface area contributed by atoms with Crippen molar-refractivity contribution in [3.63, 3.8) is 0 Å². The maximum Gasteiger partial charge on any atom is 0.200 e. The van der Waals surface area contributed by atoms with E-state index >= 15 is 0 Å². The summed E-state index contributed by atoms with van der Waals surface area (Å²) in [6.07, 6.45) is 1.51. The fraction of sp³-hybridized carbons (Fsp3) is 0.160. The summed E-state index contributed by atoms with van der Waals surface area (Å²) in [6.45, 7) is 0.977. The van der Waals surface area contributed by atoms with Gasteiger partial charge in [-0.25, -0.2) is 0 Å². The lowest BCUT2D eigenvalue weighted by molar-refractivity contribution is 0.289. The van der Waals surface area contributed by atoms with Gasteiger partial charge in [-0.3, -0.25) is 4.79 Å². The Hall–Kier alpha value is -3.93. The lowest BCUT2D eigenvalue weighted by atomic mass is 10.0. The molecule has 3 aromatic carbocycles. The highest BCUT2D eigenvalue weighted by Gasteiger charge is 2.23. The van der Waals surface area contributed by atoms with Gasteiger partial charge in [-0.1, -0.05) is 18.2 Å². The number of ether oxygens (including phenoxy) is 3. The van der Waals surface area contributed by atoms with Gasteiger partial charge in [-0.15, -0.1) is 0 Å². The van der Waals surface area contributed by atoms with Crippen LogP contribution >= 0.6 is 0 Å². The molecular formula is C25H21NO5. The van der Waals surface area contributed by atoms with Crippen LogP contribution in [-0.4, -0.2) is 21.0 Å². The van der Waals surface area contributed by atoms with Crippen LogP contribution < -0.4 is 24.5 Å². The Morgan fingerprint density at radius 3 is 2.48 bits per heavy atom. The van der Waals surface area contributed by atoms with E-state index in [0.717, 1.165) is 22.7 Å². The van der Waals surface area contributed by atoms with Crippen molar-refractivity contribution >= 4 is 16.7 Å². The van der Waals surface area contributed by atoms with Crippen LogP contribution in [0.2, 0.25) is 0 Å². The highest BCUT2D eigenvalue weighted by Crippen LogP contribution is 2.35. The van der Waals surface area contributed by atoms with Crippen LogP contribution in [0.25, 0.3) is 22.1 Å². The normalized spacial score (nSPS) is 12.9. The first kappa shape index (κ1) is 19.1. The molecule has 4 aromatic rings. The first-order chi connectivity index (χ1) is 15.2. The number of anilines is 1. The Labute approximate surface area is 179 Å². The summed E-state index contributed by atoms with van der Waals surface area (Å²) >= 11 is 0. The number of benzene rings is 3. The topological polar surface area (TPSA) is 61.1 Å². The van der Waals surface area contributed by atoms with E-state index in [-0.39, 0.29) is 5.43 Å². The third-order valence-electron chi connectivity index (χ3n) is 5.56. The van der Waals surface area contributed by atoms with Gasteiger partial charge in [0.05, 0.1) is 37.3 Å². The fourth-order valence-electron chi connectivity index (χ4n) is 3.92. The Kier molecular flexibility index (Phi) is 4.75. The number of hydrogen-bond acceptors (Lipinski definition) is 6. The lowest BCUT2D eigenvalue weighted by Gasteiger charge is -2.31. The van der Waals surface area contributed by atoms with Crippen LogP contribution in [0.1, 0.15) is 5.56 Å². The summed E-state index contributed by atoms with van der Waals surface area (Å²) in [5.41, 5.74) is 3.46. The summed E-state index contributed by atoms with van der Waals surface area (Å²) in [4.78, 5) is 15.4. The summed E-state index contributed by atoms with van der Waals surface area (Å²) in [5, 5.41) is 0.516. The third kappa shape index (κ3) is 3.26. The van der Waals surface area contributed by atoms with E-state index in [4.69, 9.17) is 18.6 Å². The number of nitrogens with zero attached hydrogens (tertiary/aromatic N) is 1. The van der Waals surface area contributed by atoms with Crippen molar-refractivity contribution in [1.29, 1.82) is 0 Å². The van der Waals surface area contributed by atoms with Gasteiger partial charge >= 0.3 is 0 Å². The molecule has 0 atom stereocenters. The molecule has 0 aliphatic carbocycles. The van der Waals surface area contributed by atoms with Crippen LogP contribution in [0.15, 0.2) is 76.1 Å². The smallest absolute Gasteiger partial charge is 0.200 e. The van der Waals surface area contributed by atoms with Crippen LogP contribution in [-0.2, 0) is 6.54 Å². The summed E-state index contributed by atoms with van der Waals surface area (Å²) in [6, 6.07) is 18.8. The second kappa shape index (κ2) is 7.72. The molecule has 0 unspecified atom stereocenters. The summed E-state index contributed by atoms with van der Waals surface area (Å²) in [7, 11) is 3.23. The fourth-order valence-corrected chi connectivity index (χ4v) is 3.92. The quantitative estimate of drug-likeness (QED) is 0.476. The van der Waals surface area contributed by atoms with Gasteiger partial charge in [0.2, 0.25) is 5.43 Å². The average molecular weight is 415 g/mol. The molecule has 1 aliphatic rings. The van der Waals surface area contributed by atoms with E-state index in [1.807, 2.05) is 54.6 Å². The van der Waals surface area contributed by atoms with E-state index < -0.39 is 0 Å². The molecule has 0 bridgehead atoms. The minimum absolute atomic E-state index is 0.102. The molecule has 6 heteroatoms. The van der Waals surface area contributed by atoms with Gasteiger partial charge < -0.3 is 23.5 Å². The van der Waals surface area contributed by atoms with Gasteiger partial charge in [0.1, 0.15) is 29.1 Å². The summed E-state index contributed by atoms with van der Waals surface area (Å²) < 4.78 is 22.6. The number of para-hydroxylation sites is 1. The molecule has 0 fully saturated rings. The van der Waals surface area contributed by atoms with Crippen LogP contribution in [0.4, 0.5) is 5.69 Å². The number of rotatable bonds is 4. The third-order valence-corrected chi connectivity index (χ3v) is 5.56. The Balaban J connectivity index is 1.58. The maximum atomic E-state index is 13.3. The van der Waals surface area contributed by atoms with Crippen molar-refractivity contribution in [2.75, 3.05) is 25.9 Å². The SMILES string of the molecule is COc1ccc(N2COc3ccc4c(=O)c(-c5ccccc5OC)coc4c3C2)cc1. The first-order valence-electron chi connectivity index (χ1n) is 9.92. The van der Waals surface area contributed by atoms with E-state index in [1.165, 1.54) is 6.26 Å². The number of hydrogen-bond donors (Lipinski definition) is 0. The van der Waals surface area contributed by atoms with E-state index in [2.05, 4.69) is 4.90 Å². The predicted molar refractivity (Wildman–Crippen MR) is 119 cm³/mol. The molecule has 0 N–H and O–H groups in total. The molecule has 0 radical (unpaired) electrons. The zero-order valence-corrected chi connectivity index (χ0v) is 17.3. The van der Waals surface area contributed by atoms with Crippen molar-refractivity contribution in [1.82, 2.24) is 0 Å². The molecule has 6 nitrogen and oxygen atoms in total. The largest absolute Gasteiger partial charge is 0.497 e. The van der Waals surface area contributed by atoms with Gasteiger partial charge in [0, 0.05) is 11.3 Å². The predicted octanol–water partition coefficient (Wildman–Crippen LogP) is 4.83. The molecule has 0 spiro atoms. The van der Waals surface area contributed by atoms with Crippen LogP contribution in [0.5, 0.6) is 17.2 Å². The monoisotopic (exact) mass is 415 g/mol. The van der Waals surface area contributed by atoms with E-state index in [9.17, 15) is 4.79 Å². The molecule has 31 heavy (non-hydrogen) atoms. The zero-order chi connectivity index (χ0) is 21.4. The Morgan fingerprint density at radius 1 is 0.903 bits per heavy atom. The highest BCUT2D eigenvalue weighted by molar-refractivity contribution is 5.87. The highest BCUT2D eigenvalue weighted by atomic mass is 16.5. The van der Waals surface area contributed by atoms with E-state index in [0.29, 0.717) is 41.1 Å². The van der Waals surface area contributed by atoms with Crippen molar-refractivity contribution in [2.24, 2.45) is 0 Å². The number of fused-ring (bicyclic) bond motifs is 3. The molecular weight excluding hydrogens is 394 g/mol. The minimum atomic E-state index is -0.102. The standard InChI is InChI=1S/C25H21NO5/c1-28-17-9-7-16(8-10-17)26-13-20-23(31-15-26)12-11-19-24(27)21(14-30-25(19)20)18-5-3-4-6-22(18)29-2/h3-12,14H,13,15H2,1-2H3. The summed E-state index contributed by atoms with van der Waals surface area (Å²) in [5.74, 6) is 2.15. The molecule has 0 saturated carbocycles. The van der Waals surface area contributed by atoms with Gasteiger partial charge in [-0.2, -0.15) is 0 Å². The number of methoxy groups -OCH3 is 2. The Bertz CT molecular complexity index is 1310. The Morgan fingerprint density at radius 2 is 1.71 bits per heavy atom. The first-order valence-corrected chi connectivity index (χ1v) is 9.92. The maximum absolute atomic E-state index is 13.3. The molecule has 2 heterocycles. The minimum Gasteiger partial charge on any atom is -0.497 e. The van der Waals surface area contributed by atoms with Crippen molar-refractivity contribution in [2.45, 2.75) is 6.54 Å². The van der Waals surface area contributed by atoms with Crippen molar-refractivity contribution in [3.05, 3.63) is 82.7 Å².